The fraction of sp³-hybridized carbons (Fsp3) is 0.444. The van der Waals surface area contributed by atoms with Crippen molar-refractivity contribution in [2.75, 3.05) is 6.54 Å². The van der Waals surface area contributed by atoms with Crippen molar-refractivity contribution < 1.29 is 4.79 Å². The first-order valence-electron chi connectivity index (χ1n) is 4.33. The number of fused-ring (bicyclic) bond motifs is 1. The molecule has 13 heavy (non-hydrogen) atoms. The van der Waals surface area contributed by atoms with Crippen LogP contribution in [0.3, 0.4) is 0 Å². The summed E-state index contributed by atoms with van der Waals surface area (Å²) >= 11 is 0. The standard InChI is InChI=1S/C9H11N3O/c1-6-11-8-2-3-10-4-7(8)9(5-13)12-6/h5,10H,2-4H2,1H3. The molecule has 4 nitrogen and oxygen atoms in total. The van der Waals surface area contributed by atoms with Gasteiger partial charge in [-0.2, -0.15) is 0 Å². The molecule has 4 heteroatoms. The van der Waals surface area contributed by atoms with E-state index in [4.69, 9.17) is 0 Å². The molecule has 2 heterocycles. The molecule has 68 valence electrons. The van der Waals surface area contributed by atoms with E-state index in [-0.39, 0.29) is 0 Å². The molecule has 2 rings (SSSR count). The van der Waals surface area contributed by atoms with Gasteiger partial charge in [0, 0.05) is 25.1 Å². The Kier molecular flexibility index (Phi) is 2.06. The second-order valence-electron chi connectivity index (χ2n) is 3.13. The van der Waals surface area contributed by atoms with E-state index in [0.29, 0.717) is 18.1 Å². The maximum Gasteiger partial charge on any atom is 0.168 e. The second-order valence-corrected chi connectivity index (χ2v) is 3.13. The third-order valence-corrected chi connectivity index (χ3v) is 2.19. The average Bonchev–Trinajstić information content (AvgIpc) is 2.16. The first-order chi connectivity index (χ1) is 6.31. The highest BCUT2D eigenvalue weighted by Gasteiger charge is 2.15. The monoisotopic (exact) mass is 177 g/mol. The molecular formula is C9H11N3O. The van der Waals surface area contributed by atoms with Gasteiger partial charge in [0.2, 0.25) is 0 Å². The van der Waals surface area contributed by atoms with Crippen LogP contribution in [0.2, 0.25) is 0 Å². The van der Waals surface area contributed by atoms with Crippen molar-refractivity contribution in [3.8, 4) is 0 Å². The Morgan fingerprint density at radius 3 is 3.08 bits per heavy atom. The summed E-state index contributed by atoms with van der Waals surface area (Å²) in [5, 5.41) is 3.20. The SMILES string of the molecule is Cc1nc(C=O)c2c(n1)CCNC2. The fourth-order valence-electron chi connectivity index (χ4n) is 1.59. The topological polar surface area (TPSA) is 54.9 Å². The maximum absolute atomic E-state index is 10.7. The highest BCUT2D eigenvalue weighted by Crippen LogP contribution is 2.13. The molecule has 0 amide bonds. The van der Waals surface area contributed by atoms with Gasteiger partial charge in [-0.1, -0.05) is 0 Å². The van der Waals surface area contributed by atoms with Crippen LogP contribution in [0.1, 0.15) is 27.6 Å². The van der Waals surface area contributed by atoms with Gasteiger partial charge in [-0.25, -0.2) is 9.97 Å². The van der Waals surface area contributed by atoms with Gasteiger partial charge < -0.3 is 5.32 Å². The molecule has 1 aliphatic heterocycles. The molecule has 0 aliphatic carbocycles. The summed E-state index contributed by atoms with van der Waals surface area (Å²) in [4.78, 5) is 19.1. The lowest BCUT2D eigenvalue weighted by Gasteiger charge is -2.17. The van der Waals surface area contributed by atoms with Crippen LogP contribution in [0.15, 0.2) is 0 Å². The minimum atomic E-state index is 0.537. The van der Waals surface area contributed by atoms with Gasteiger partial charge >= 0.3 is 0 Å². The van der Waals surface area contributed by atoms with Crippen molar-refractivity contribution in [2.45, 2.75) is 19.9 Å². The van der Waals surface area contributed by atoms with Crippen molar-refractivity contribution in [3.63, 3.8) is 0 Å². The van der Waals surface area contributed by atoms with E-state index in [1.54, 1.807) is 0 Å². The lowest BCUT2D eigenvalue weighted by Crippen LogP contribution is -2.26. The van der Waals surface area contributed by atoms with Crippen molar-refractivity contribution in [2.24, 2.45) is 0 Å². The van der Waals surface area contributed by atoms with E-state index in [1.807, 2.05) is 6.92 Å². The Morgan fingerprint density at radius 1 is 1.46 bits per heavy atom. The number of hydrogen-bond acceptors (Lipinski definition) is 4. The van der Waals surface area contributed by atoms with Crippen LogP contribution >= 0.6 is 0 Å². The summed E-state index contributed by atoms with van der Waals surface area (Å²) in [7, 11) is 0. The Balaban J connectivity index is 2.56. The van der Waals surface area contributed by atoms with Crippen LogP contribution in [-0.2, 0) is 13.0 Å². The Labute approximate surface area is 76.4 Å². The summed E-state index contributed by atoms with van der Waals surface area (Å²) in [5.41, 5.74) is 2.52. The number of carbonyl (C=O) groups is 1. The lowest BCUT2D eigenvalue weighted by atomic mass is 10.1. The molecule has 0 saturated heterocycles. The van der Waals surface area contributed by atoms with Gasteiger partial charge in [0.15, 0.2) is 6.29 Å². The van der Waals surface area contributed by atoms with Crippen LogP contribution in [-0.4, -0.2) is 22.8 Å². The minimum absolute atomic E-state index is 0.537. The van der Waals surface area contributed by atoms with E-state index < -0.39 is 0 Å². The normalized spacial score (nSPS) is 15.2. The number of rotatable bonds is 1. The average molecular weight is 177 g/mol. The highest BCUT2D eigenvalue weighted by molar-refractivity contribution is 5.74. The third kappa shape index (κ3) is 1.45. The molecule has 0 fully saturated rings. The quantitative estimate of drug-likeness (QED) is 0.624. The van der Waals surface area contributed by atoms with Gasteiger partial charge in [-0.15, -0.1) is 0 Å². The number of nitrogens with zero attached hydrogens (tertiary/aromatic N) is 2. The first kappa shape index (κ1) is 8.31. The molecule has 1 aliphatic rings. The van der Waals surface area contributed by atoms with Crippen LogP contribution < -0.4 is 5.32 Å². The zero-order chi connectivity index (χ0) is 9.26. The fourth-order valence-corrected chi connectivity index (χ4v) is 1.59. The molecule has 0 atom stereocenters. The molecule has 1 aromatic heterocycles. The van der Waals surface area contributed by atoms with E-state index in [9.17, 15) is 4.79 Å². The van der Waals surface area contributed by atoms with Crippen LogP contribution in [0.25, 0.3) is 0 Å². The zero-order valence-electron chi connectivity index (χ0n) is 7.50. The van der Waals surface area contributed by atoms with E-state index in [0.717, 1.165) is 30.5 Å². The molecule has 1 aromatic rings. The Bertz CT molecular complexity index is 349. The molecule has 1 N–H and O–H groups in total. The largest absolute Gasteiger partial charge is 0.312 e. The predicted octanol–water partition coefficient (Wildman–Crippen LogP) is 0.243. The van der Waals surface area contributed by atoms with E-state index >= 15 is 0 Å². The second kappa shape index (κ2) is 3.22. The summed E-state index contributed by atoms with van der Waals surface area (Å²) in [6.07, 6.45) is 1.69. The first-order valence-corrected chi connectivity index (χ1v) is 4.33. The van der Waals surface area contributed by atoms with Gasteiger partial charge in [0.1, 0.15) is 11.5 Å². The highest BCUT2D eigenvalue weighted by atomic mass is 16.1. The predicted molar refractivity (Wildman–Crippen MR) is 47.6 cm³/mol. The molecule has 0 saturated carbocycles. The number of aryl methyl sites for hydroxylation is 1. The molecule has 0 spiro atoms. The molecule has 0 bridgehead atoms. The number of aromatic nitrogens is 2. The number of hydrogen-bond donors (Lipinski definition) is 1. The van der Waals surface area contributed by atoms with Crippen LogP contribution in [0.5, 0.6) is 0 Å². The molecule has 0 radical (unpaired) electrons. The van der Waals surface area contributed by atoms with E-state index in [1.165, 1.54) is 0 Å². The smallest absolute Gasteiger partial charge is 0.168 e. The van der Waals surface area contributed by atoms with E-state index in [2.05, 4.69) is 15.3 Å². The third-order valence-electron chi connectivity index (χ3n) is 2.19. The number of nitrogens with one attached hydrogen (secondary N) is 1. The number of carbonyl (C=O) groups excluding carboxylic acids is 1. The molecule has 0 unspecified atom stereocenters. The summed E-state index contributed by atoms with van der Waals surface area (Å²) in [6.45, 7) is 3.46. The zero-order valence-corrected chi connectivity index (χ0v) is 7.50. The Morgan fingerprint density at radius 2 is 2.31 bits per heavy atom. The van der Waals surface area contributed by atoms with Crippen LogP contribution in [0.4, 0.5) is 0 Å². The molecule has 0 aromatic carbocycles. The van der Waals surface area contributed by atoms with Gasteiger partial charge in [-0.05, 0) is 6.92 Å². The maximum atomic E-state index is 10.7. The van der Waals surface area contributed by atoms with Crippen molar-refractivity contribution in [1.29, 1.82) is 0 Å². The Hall–Kier alpha value is -1.29. The van der Waals surface area contributed by atoms with Crippen LogP contribution in [0, 0.1) is 6.92 Å². The summed E-state index contributed by atoms with van der Waals surface area (Å²) < 4.78 is 0. The van der Waals surface area contributed by atoms with Gasteiger partial charge in [-0.3, -0.25) is 4.79 Å². The number of aldehydes is 1. The summed E-state index contributed by atoms with van der Waals surface area (Å²) in [6, 6.07) is 0. The van der Waals surface area contributed by atoms with Crippen molar-refractivity contribution in [3.05, 3.63) is 22.8 Å². The summed E-state index contributed by atoms with van der Waals surface area (Å²) in [5.74, 6) is 0.683. The molecular weight excluding hydrogens is 166 g/mol. The minimum Gasteiger partial charge on any atom is -0.312 e. The van der Waals surface area contributed by atoms with Crippen molar-refractivity contribution >= 4 is 6.29 Å². The lowest BCUT2D eigenvalue weighted by molar-refractivity contribution is 0.111. The van der Waals surface area contributed by atoms with Crippen molar-refractivity contribution in [1.82, 2.24) is 15.3 Å². The van der Waals surface area contributed by atoms with Gasteiger partial charge in [0.25, 0.3) is 0 Å². The van der Waals surface area contributed by atoms with Gasteiger partial charge in [0.05, 0.1) is 5.69 Å².